The molecular formula is C18H22FN3O2. The van der Waals surface area contributed by atoms with Gasteiger partial charge < -0.3 is 9.64 Å². The van der Waals surface area contributed by atoms with Crippen LogP contribution < -0.4 is 4.74 Å². The zero-order chi connectivity index (χ0) is 17.1. The highest BCUT2D eigenvalue weighted by atomic mass is 19.1. The van der Waals surface area contributed by atoms with Gasteiger partial charge in [-0.1, -0.05) is 6.07 Å². The van der Waals surface area contributed by atoms with E-state index in [-0.39, 0.29) is 24.4 Å². The lowest BCUT2D eigenvalue weighted by Gasteiger charge is -2.25. The Balaban J connectivity index is 1.60. The Labute approximate surface area is 141 Å². The first-order chi connectivity index (χ1) is 11.5. The van der Waals surface area contributed by atoms with Crippen molar-refractivity contribution < 1.29 is 13.9 Å². The van der Waals surface area contributed by atoms with Crippen LogP contribution in [0.1, 0.15) is 24.2 Å². The van der Waals surface area contributed by atoms with Gasteiger partial charge in [-0.2, -0.15) is 5.10 Å². The van der Waals surface area contributed by atoms with Gasteiger partial charge in [0.05, 0.1) is 18.3 Å². The van der Waals surface area contributed by atoms with Crippen molar-refractivity contribution in [1.29, 1.82) is 0 Å². The number of amides is 1. The number of carbonyl (C=O) groups excluding carboxylic acids is 1. The molecule has 1 aromatic carbocycles. The van der Waals surface area contributed by atoms with Gasteiger partial charge in [0.1, 0.15) is 11.6 Å². The molecule has 1 unspecified atom stereocenters. The Bertz CT molecular complexity index is 729. The molecule has 0 spiro atoms. The number of rotatable bonds is 5. The largest absolute Gasteiger partial charge is 0.484 e. The first-order valence-corrected chi connectivity index (χ1v) is 8.22. The summed E-state index contributed by atoms with van der Waals surface area (Å²) in [5, 5.41) is 4.48. The first kappa shape index (κ1) is 16.5. The highest BCUT2D eigenvalue weighted by Crippen LogP contribution is 2.20. The second-order valence-electron chi connectivity index (χ2n) is 6.24. The number of likely N-dealkylation sites (tertiary alicyclic amines) is 1. The van der Waals surface area contributed by atoms with Crippen LogP contribution in [0.15, 0.2) is 30.3 Å². The van der Waals surface area contributed by atoms with Crippen LogP contribution in [0.3, 0.4) is 0 Å². The van der Waals surface area contributed by atoms with E-state index in [9.17, 15) is 9.18 Å². The van der Waals surface area contributed by atoms with Gasteiger partial charge in [-0.25, -0.2) is 4.39 Å². The Morgan fingerprint density at radius 3 is 2.92 bits per heavy atom. The van der Waals surface area contributed by atoms with Gasteiger partial charge in [-0.15, -0.1) is 0 Å². The van der Waals surface area contributed by atoms with Crippen molar-refractivity contribution in [2.24, 2.45) is 0 Å². The van der Waals surface area contributed by atoms with Crippen molar-refractivity contribution >= 4 is 5.91 Å². The summed E-state index contributed by atoms with van der Waals surface area (Å²) in [5.74, 6) is -0.0653. The predicted molar refractivity (Wildman–Crippen MR) is 88.3 cm³/mol. The molecule has 6 heteroatoms. The molecule has 1 fully saturated rings. The average Bonchev–Trinajstić information content (AvgIpc) is 3.12. The van der Waals surface area contributed by atoms with Crippen LogP contribution in [0.4, 0.5) is 4.39 Å². The Morgan fingerprint density at radius 1 is 1.38 bits per heavy atom. The standard InChI is InChI=1S/C18H22FN3O2/c1-13-9-14(2)22(20-13)11-16-6-4-8-21(16)18(23)12-24-17-7-3-5-15(19)10-17/h3,5,7,9-10,16H,4,6,8,11-12H2,1-2H3. The molecule has 2 aromatic rings. The van der Waals surface area contributed by atoms with Crippen LogP contribution >= 0.6 is 0 Å². The molecule has 24 heavy (non-hydrogen) atoms. The quantitative estimate of drug-likeness (QED) is 0.846. The van der Waals surface area contributed by atoms with Gasteiger partial charge in [0.2, 0.25) is 0 Å². The summed E-state index contributed by atoms with van der Waals surface area (Å²) in [6.07, 6.45) is 1.94. The van der Waals surface area contributed by atoms with Crippen molar-refractivity contribution in [2.75, 3.05) is 13.2 Å². The van der Waals surface area contributed by atoms with Crippen LogP contribution in [-0.2, 0) is 11.3 Å². The number of halogens is 1. The minimum atomic E-state index is -0.372. The number of carbonyl (C=O) groups is 1. The van der Waals surface area contributed by atoms with Crippen molar-refractivity contribution in [3.8, 4) is 5.75 Å². The monoisotopic (exact) mass is 331 g/mol. The number of aryl methyl sites for hydroxylation is 2. The molecule has 0 radical (unpaired) electrons. The molecule has 1 saturated heterocycles. The van der Waals surface area contributed by atoms with E-state index in [0.717, 1.165) is 30.8 Å². The molecule has 0 bridgehead atoms. The number of benzene rings is 1. The fourth-order valence-corrected chi connectivity index (χ4v) is 3.20. The maximum absolute atomic E-state index is 13.2. The van der Waals surface area contributed by atoms with Crippen molar-refractivity contribution in [1.82, 2.24) is 14.7 Å². The van der Waals surface area contributed by atoms with Gasteiger partial charge in [-0.3, -0.25) is 9.48 Å². The minimum absolute atomic E-state index is 0.0664. The lowest BCUT2D eigenvalue weighted by Crippen LogP contribution is -2.41. The SMILES string of the molecule is Cc1cc(C)n(CC2CCCN2C(=O)COc2cccc(F)c2)n1. The van der Waals surface area contributed by atoms with E-state index < -0.39 is 0 Å². The maximum Gasteiger partial charge on any atom is 0.260 e. The number of hydrogen-bond donors (Lipinski definition) is 0. The van der Waals surface area contributed by atoms with Crippen LogP contribution in [-0.4, -0.2) is 39.8 Å². The molecule has 1 amide bonds. The van der Waals surface area contributed by atoms with E-state index in [2.05, 4.69) is 5.10 Å². The fourth-order valence-electron chi connectivity index (χ4n) is 3.20. The third-order valence-corrected chi connectivity index (χ3v) is 4.34. The molecule has 1 aromatic heterocycles. The van der Waals surface area contributed by atoms with E-state index in [1.54, 1.807) is 12.1 Å². The van der Waals surface area contributed by atoms with Gasteiger partial charge in [0, 0.05) is 18.3 Å². The second kappa shape index (κ2) is 7.03. The molecule has 2 heterocycles. The molecule has 0 saturated carbocycles. The topological polar surface area (TPSA) is 47.4 Å². The molecule has 128 valence electrons. The molecule has 1 atom stereocenters. The van der Waals surface area contributed by atoms with Crippen LogP contribution in [0.2, 0.25) is 0 Å². The smallest absolute Gasteiger partial charge is 0.260 e. The fraction of sp³-hybridized carbons (Fsp3) is 0.444. The normalized spacial score (nSPS) is 17.3. The molecule has 1 aliphatic rings. The van der Waals surface area contributed by atoms with Crippen molar-refractivity contribution in [3.05, 3.63) is 47.5 Å². The van der Waals surface area contributed by atoms with Crippen LogP contribution in [0.5, 0.6) is 5.75 Å². The summed E-state index contributed by atoms with van der Waals surface area (Å²) in [4.78, 5) is 14.3. The van der Waals surface area contributed by atoms with E-state index >= 15 is 0 Å². The molecule has 5 nitrogen and oxygen atoms in total. The Kier molecular flexibility index (Phi) is 4.83. The summed E-state index contributed by atoms with van der Waals surface area (Å²) in [5.41, 5.74) is 2.08. The second-order valence-corrected chi connectivity index (χ2v) is 6.24. The highest BCUT2D eigenvalue weighted by molar-refractivity contribution is 5.78. The minimum Gasteiger partial charge on any atom is -0.484 e. The van der Waals surface area contributed by atoms with Gasteiger partial charge >= 0.3 is 0 Å². The number of nitrogens with zero attached hydrogens (tertiary/aromatic N) is 3. The molecule has 0 aliphatic carbocycles. The number of aromatic nitrogens is 2. The zero-order valence-electron chi connectivity index (χ0n) is 14.0. The predicted octanol–water partition coefficient (Wildman–Crippen LogP) is 2.71. The summed E-state index contributed by atoms with van der Waals surface area (Å²) >= 11 is 0. The third kappa shape index (κ3) is 3.75. The van der Waals surface area contributed by atoms with Crippen molar-refractivity contribution in [2.45, 2.75) is 39.3 Å². The van der Waals surface area contributed by atoms with Gasteiger partial charge in [0.15, 0.2) is 6.61 Å². The lowest BCUT2D eigenvalue weighted by molar-refractivity contribution is -0.134. The zero-order valence-corrected chi connectivity index (χ0v) is 14.0. The average molecular weight is 331 g/mol. The molecule has 1 aliphatic heterocycles. The Hall–Kier alpha value is -2.37. The molecular weight excluding hydrogens is 309 g/mol. The molecule has 3 rings (SSSR count). The lowest BCUT2D eigenvalue weighted by atomic mass is 10.2. The summed E-state index contributed by atoms with van der Waals surface area (Å²) < 4.78 is 20.5. The van der Waals surface area contributed by atoms with Crippen LogP contribution in [0, 0.1) is 19.7 Å². The van der Waals surface area contributed by atoms with Crippen molar-refractivity contribution in [3.63, 3.8) is 0 Å². The van der Waals surface area contributed by atoms with Crippen LogP contribution in [0.25, 0.3) is 0 Å². The number of hydrogen-bond acceptors (Lipinski definition) is 3. The molecule has 0 N–H and O–H groups in total. The summed E-state index contributed by atoms with van der Waals surface area (Å²) in [6.45, 7) is 5.35. The van der Waals surface area contributed by atoms with Gasteiger partial charge in [-0.05, 0) is 44.9 Å². The van der Waals surface area contributed by atoms with Gasteiger partial charge in [0.25, 0.3) is 5.91 Å². The third-order valence-electron chi connectivity index (χ3n) is 4.34. The first-order valence-electron chi connectivity index (χ1n) is 8.22. The number of ether oxygens (including phenoxy) is 1. The highest BCUT2D eigenvalue weighted by Gasteiger charge is 2.29. The van der Waals surface area contributed by atoms with E-state index in [1.165, 1.54) is 12.1 Å². The maximum atomic E-state index is 13.2. The van der Waals surface area contributed by atoms with E-state index in [0.29, 0.717) is 12.3 Å². The summed E-state index contributed by atoms with van der Waals surface area (Å²) in [7, 11) is 0. The van der Waals surface area contributed by atoms with E-state index in [4.69, 9.17) is 4.74 Å². The Morgan fingerprint density at radius 2 is 2.21 bits per heavy atom. The van der Waals surface area contributed by atoms with E-state index in [1.807, 2.05) is 29.5 Å². The summed E-state index contributed by atoms with van der Waals surface area (Å²) in [6, 6.07) is 8.01.